The molecule has 0 heterocycles. The molecule has 0 rings (SSSR count). The number of hydrogen-bond acceptors (Lipinski definition) is 6. The van der Waals surface area contributed by atoms with Crippen LogP contribution in [0.2, 0.25) is 0 Å². The molecule has 0 saturated heterocycles. The molecule has 0 N–H and O–H groups in total. The van der Waals surface area contributed by atoms with Crippen molar-refractivity contribution in [3.63, 3.8) is 0 Å². The van der Waals surface area contributed by atoms with Crippen LogP contribution in [0.5, 0.6) is 0 Å². The third-order valence-electron chi connectivity index (χ3n) is 12.5. The quantitative estimate of drug-likeness (QED) is 0.0344. The van der Waals surface area contributed by atoms with E-state index in [-0.39, 0.29) is 31.1 Å². The molecule has 61 heavy (non-hydrogen) atoms. The smallest absolute Gasteiger partial charge is 0.306 e. The van der Waals surface area contributed by atoms with Crippen LogP contribution in [0, 0.1) is 11.8 Å². The molecule has 0 aromatic heterocycles. The first-order valence-electron chi connectivity index (χ1n) is 27.2. The monoisotopic (exact) mass is 863 g/mol. The Bertz CT molecular complexity index is 931. The fourth-order valence-corrected chi connectivity index (χ4v) is 8.34. The highest BCUT2D eigenvalue weighted by Crippen LogP contribution is 2.18. The Morgan fingerprint density at radius 1 is 0.311 bits per heavy atom. The number of rotatable bonds is 49. The van der Waals surface area contributed by atoms with Crippen molar-refractivity contribution in [2.45, 2.75) is 310 Å². The van der Waals surface area contributed by atoms with Crippen LogP contribution in [0.4, 0.5) is 0 Å². The SMILES string of the molecule is CCCCCCCCCCCCCCCCCC(=O)OC[C@@H](COC(=O)CCCCCCCCCCCCCCCC(C)C)OC(=O)CCCCCCCCCCCC(C)C. The Kier molecular flexibility index (Phi) is 46.6. The van der Waals surface area contributed by atoms with E-state index in [0.29, 0.717) is 19.3 Å². The van der Waals surface area contributed by atoms with E-state index < -0.39 is 6.10 Å². The van der Waals surface area contributed by atoms with Crippen LogP contribution in [0.3, 0.4) is 0 Å². The van der Waals surface area contributed by atoms with Crippen molar-refractivity contribution >= 4 is 17.9 Å². The molecule has 6 heteroatoms. The van der Waals surface area contributed by atoms with Crippen molar-refractivity contribution in [1.82, 2.24) is 0 Å². The minimum absolute atomic E-state index is 0.0634. The normalized spacial score (nSPS) is 12.0. The molecule has 0 aliphatic rings. The molecule has 0 unspecified atom stereocenters. The summed E-state index contributed by atoms with van der Waals surface area (Å²) in [6.45, 7) is 11.4. The summed E-state index contributed by atoms with van der Waals surface area (Å²) in [4.78, 5) is 38.0. The molecular weight excluding hydrogens is 757 g/mol. The standard InChI is InChI=1S/C55H106O6/c1-6-7-8-9-10-11-12-13-14-17-20-25-30-35-40-45-53(56)59-48-52(61-55(58)47-42-37-32-27-22-24-29-34-39-44-51(4)5)49-60-54(57)46-41-36-31-26-21-18-15-16-19-23-28-33-38-43-50(2)3/h50-52H,6-49H2,1-5H3/t52-/m0/s1. The van der Waals surface area contributed by atoms with E-state index in [0.717, 1.165) is 69.6 Å². The second-order valence-electron chi connectivity index (χ2n) is 19.8. The van der Waals surface area contributed by atoms with Crippen molar-refractivity contribution in [3.05, 3.63) is 0 Å². The van der Waals surface area contributed by atoms with Crippen molar-refractivity contribution < 1.29 is 28.6 Å². The Hall–Kier alpha value is -1.59. The average Bonchev–Trinajstić information content (AvgIpc) is 3.23. The van der Waals surface area contributed by atoms with Crippen LogP contribution in [-0.4, -0.2) is 37.2 Å². The van der Waals surface area contributed by atoms with Crippen molar-refractivity contribution in [3.8, 4) is 0 Å². The number of carbonyl (C=O) groups is 3. The molecule has 0 aliphatic carbocycles. The van der Waals surface area contributed by atoms with E-state index in [9.17, 15) is 14.4 Å². The third-order valence-corrected chi connectivity index (χ3v) is 12.5. The van der Waals surface area contributed by atoms with Crippen molar-refractivity contribution in [1.29, 1.82) is 0 Å². The summed E-state index contributed by atoms with van der Waals surface area (Å²) in [5, 5.41) is 0. The van der Waals surface area contributed by atoms with Gasteiger partial charge in [-0.2, -0.15) is 0 Å². The Labute approximate surface area is 380 Å². The largest absolute Gasteiger partial charge is 0.462 e. The summed E-state index contributed by atoms with van der Waals surface area (Å²) >= 11 is 0. The molecule has 362 valence electrons. The summed E-state index contributed by atoms with van der Waals surface area (Å²) in [5.74, 6) is 0.801. The number of hydrogen-bond donors (Lipinski definition) is 0. The van der Waals surface area contributed by atoms with E-state index in [1.165, 1.54) is 193 Å². The minimum Gasteiger partial charge on any atom is -0.462 e. The summed E-state index contributed by atoms with van der Waals surface area (Å²) in [6.07, 6.45) is 49.5. The summed E-state index contributed by atoms with van der Waals surface area (Å²) in [5.41, 5.74) is 0. The van der Waals surface area contributed by atoms with Gasteiger partial charge in [0.15, 0.2) is 6.10 Å². The third kappa shape index (κ3) is 49.3. The predicted octanol–water partition coefficient (Wildman–Crippen LogP) is 17.7. The molecule has 0 spiro atoms. The molecule has 6 nitrogen and oxygen atoms in total. The van der Waals surface area contributed by atoms with Gasteiger partial charge in [0, 0.05) is 19.3 Å². The molecule has 0 aromatic carbocycles. The number of carbonyl (C=O) groups excluding carboxylic acids is 3. The number of ether oxygens (including phenoxy) is 3. The zero-order valence-corrected chi connectivity index (χ0v) is 41.8. The highest BCUT2D eigenvalue weighted by atomic mass is 16.6. The topological polar surface area (TPSA) is 78.9 Å². The maximum absolute atomic E-state index is 12.8. The lowest BCUT2D eigenvalue weighted by Gasteiger charge is -2.18. The van der Waals surface area contributed by atoms with Crippen molar-refractivity contribution in [2.24, 2.45) is 11.8 Å². The summed E-state index contributed by atoms with van der Waals surface area (Å²) in [7, 11) is 0. The second-order valence-corrected chi connectivity index (χ2v) is 19.8. The van der Waals surface area contributed by atoms with Crippen LogP contribution >= 0.6 is 0 Å². The summed E-state index contributed by atoms with van der Waals surface area (Å²) < 4.78 is 16.8. The van der Waals surface area contributed by atoms with Crippen LogP contribution in [0.15, 0.2) is 0 Å². The van der Waals surface area contributed by atoms with Gasteiger partial charge in [-0.25, -0.2) is 0 Å². The highest BCUT2D eigenvalue weighted by Gasteiger charge is 2.19. The van der Waals surface area contributed by atoms with E-state index in [1.54, 1.807) is 0 Å². The maximum Gasteiger partial charge on any atom is 0.306 e. The first-order valence-corrected chi connectivity index (χ1v) is 27.2. The van der Waals surface area contributed by atoms with Gasteiger partial charge in [0.25, 0.3) is 0 Å². The number of unbranched alkanes of at least 4 members (excludes halogenated alkanes) is 34. The van der Waals surface area contributed by atoms with E-state index >= 15 is 0 Å². The van der Waals surface area contributed by atoms with Crippen LogP contribution < -0.4 is 0 Å². The van der Waals surface area contributed by atoms with Gasteiger partial charge in [-0.1, -0.05) is 266 Å². The van der Waals surface area contributed by atoms with Crippen LogP contribution in [0.25, 0.3) is 0 Å². The number of esters is 3. The Morgan fingerprint density at radius 2 is 0.541 bits per heavy atom. The van der Waals surface area contributed by atoms with Gasteiger partial charge in [-0.3, -0.25) is 14.4 Å². The fraction of sp³-hybridized carbons (Fsp3) is 0.945. The Balaban J connectivity index is 4.29. The van der Waals surface area contributed by atoms with Gasteiger partial charge < -0.3 is 14.2 Å². The lowest BCUT2D eigenvalue weighted by molar-refractivity contribution is -0.167. The van der Waals surface area contributed by atoms with E-state index in [4.69, 9.17) is 14.2 Å². The van der Waals surface area contributed by atoms with Crippen LogP contribution in [-0.2, 0) is 28.6 Å². The van der Waals surface area contributed by atoms with Gasteiger partial charge in [-0.05, 0) is 31.1 Å². The minimum atomic E-state index is -0.762. The average molecular weight is 863 g/mol. The molecule has 0 aromatic rings. The maximum atomic E-state index is 12.8. The summed E-state index contributed by atoms with van der Waals surface area (Å²) in [6, 6.07) is 0. The Morgan fingerprint density at radius 3 is 0.803 bits per heavy atom. The molecule has 1 atom stereocenters. The lowest BCUT2D eigenvalue weighted by atomic mass is 10.0. The lowest BCUT2D eigenvalue weighted by Crippen LogP contribution is -2.30. The molecule has 0 saturated carbocycles. The second kappa shape index (κ2) is 47.9. The van der Waals surface area contributed by atoms with Crippen molar-refractivity contribution in [2.75, 3.05) is 13.2 Å². The van der Waals surface area contributed by atoms with Gasteiger partial charge in [0.05, 0.1) is 0 Å². The molecule has 0 radical (unpaired) electrons. The van der Waals surface area contributed by atoms with Crippen LogP contribution in [0.1, 0.15) is 304 Å². The molecule has 0 aliphatic heterocycles. The van der Waals surface area contributed by atoms with Gasteiger partial charge in [0.2, 0.25) is 0 Å². The van der Waals surface area contributed by atoms with E-state index in [1.807, 2.05) is 0 Å². The molecule has 0 amide bonds. The fourth-order valence-electron chi connectivity index (χ4n) is 8.34. The van der Waals surface area contributed by atoms with E-state index in [2.05, 4.69) is 34.6 Å². The molecular formula is C55H106O6. The van der Waals surface area contributed by atoms with Gasteiger partial charge in [0.1, 0.15) is 13.2 Å². The predicted molar refractivity (Wildman–Crippen MR) is 261 cm³/mol. The molecule has 0 fully saturated rings. The van der Waals surface area contributed by atoms with Gasteiger partial charge >= 0.3 is 17.9 Å². The first kappa shape index (κ1) is 59.4. The highest BCUT2D eigenvalue weighted by molar-refractivity contribution is 5.71. The van der Waals surface area contributed by atoms with Gasteiger partial charge in [-0.15, -0.1) is 0 Å². The zero-order valence-electron chi connectivity index (χ0n) is 41.8. The zero-order chi connectivity index (χ0) is 44.7. The first-order chi connectivity index (χ1) is 29.7. The molecule has 0 bridgehead atoms.